The molecule has 29 heavy (non-hydrogen) atoms. The lowest BCUT2D eigenvalue weighted by Gasteiger charge is -2.19. The molecule has 0 aliphatic rings. The Hall–Kier alpha value is -2.80. The number of carbonyl (C=O) groups is 1. The van der Waals surface area contributed by atoms with E-state index in [4.69, 9.17) is 0 Å². The summed E-state index contributed by atoms with van der Waals surface area (Å²) in [6.07, 6.45) is 0. The van der Waals surface area contributed by atoms with E-state index in [1.807, 2.05) is 82.2 Å². The minimum Gasteiger partial charge on any atom is -0.378 e. The van der Waals surface area contributed by atoms with Crippen molar-refractivity contribution >= 4 is 39.9 Å². The van der Waals surface area contributed by atoms with Crippen molar-refractivity contribution < 1.29 is 4.79 Å². The average molecular weight is 411 g/mol. The number of hydrogen-bond donors (Lipinski definition) is 1. The molecule has 0 saturated heterocycles. The van der Waals surface area contributed by atoms with Gasteiger partial charge in [0.05, 0.1) is 16.2 Å². The molecule has 3 aromatic rings. The molecule has 6 nitrogen and oxygen atoms in total. The van der Waals surface area contributed by atoms with Gasteiger partial charge in [-0.2, -0.15) is 0 Å². The van der Waals surface area contributed by atoms with Crippen molar-refractivity contribution in [1.29, 1.82) is 0 Å². The molecule has 1 amide bonds. The van der Waals surface area contributed by atoms with Gasteiger partial charge in [-0.25, -0.2) is 4.98 Å². The van der Waals surface area contributed by atoms with Crippen LogP contribution in [0.3, 0.4) is 0 Å². The number of nitrogens with one attached hydrogen (secondary N) is 1. The van der Waals surface area contributed by atoms with Gasteiger partial charge in [0.25, 0.3) is 5.56 Å². The quantitative estimate of drug-likeness (QED) is 0.488. The monoisotopic (exact) mass is 410 g/mol. The zero-order chi connectivity index (χ0) is 21.1. The highest BCUT2D eigenvalue weighted by molar-refractivity contribution is 8.00. The molecule has 0 aliphatic carbocycles. The molecule has 2 aromatic carbocycles. The molecular weight excluding hydrogens is 384 g/mol. The second-order valence-corrected chi connectivity index (χ2v) is 8.68. The van der Waals surface area contributed by atoms with Gasteiger partial charge in [-0.15, -0.1) is 0 Å². The van der Waals surface area contributed by atoms with Crippen molar-refractivity contribution in [2.45, 2.75) is 37.2 Å². The van der Waals surface area contributed by atoms with E-state index in [0.717, 1.165) is 11.4 Å². The molecule has 0 bridgehead atoms. The number of para-hydroxylation sites is 1. The van der Waals surface area contributed by atoms with Crippen LogP contribution in [0.25, 0.3) is 10.9 Å². The van der Waals surface area contributed by atoms with Gasteiger partial charge in [-0.05, 0) is 57.2 Å². The van der Waals surface area contributed by atoms with Crippen LogP contribution in [0.4, 0.5) is 11.4 Å². The van der Waals surface area contributed by atoms with E-state index in [-0.39, 0.29) is 17.5 Å². The normalized spacial score (nSPS) is 12.2. The number of benzene rings is 2. The predicted molar refractivity (Wildman–Crippen MR) is 121 cm³/mol. The number of fused-ring (bicyclic) bond motifs is 1. The Balaban J connectivity index is 1.83. The minimum atomic E-state index is -0.415. The zero-order valence-corrected chi connectivity index (χ0v) is 18.2. The number of thioether (sulfide) groups is 1. The van der Waals surface area contributed by atoms with E-state index in [2.05, 4.69) is 10.3 Å². The molecule has 1 unspecified atom stereocenters. The van der Waals surface area contributed by atoms with E-state index in [0.29, 0.717) is 16.1 Å². The van der Waals surface area contributed by atoms with Crippen LogP contribution >= 0.6 is 11.8 Å². The van der Waals surface area contributed by atoms with Crippen molar-refractivity contribution in [2.75, 3.05) is 24.3 Å². The van der Waals surface area contributed by atoms with Crippen LogP contribution < -0.4 is 15.8 Å². The zero-order valence-electron chi connectivity index (χ0n) is 17.3. The molecule has 1 aromatic heterocycles. The van der Waals surface area contributed by atoms with Gasteiger partial charge in [0.1, 0.15) is 0 Å². The van der Waals surface area contributed by atoms with E-state index < -0.39 is 5.25 Å². The molecule has 0 spiro atoms. The number of aromatic nitrogens is 2. The van der Waals surface area contributed by atoms with Gasteiger partial charge in [0.15, 0.2) is 5.16 Å². The largest absolute Gasteiger partial charge is 0.378 e. The SMILES string of the molecule is CC(Sc1nc2ccccc2c(=O)n1C(C)C)C(=O)Nc1ccc(N(C)C)cc1. The number of amides is 1. The summed E-state index contributed by atoms with van der Waals surface area (Å²) in [7, 11) is 3.94. The Morgan fingerprint density at radius 1 is 1.07 bits per heavy atom. The summed E-state index contributed by atoms with van der Waals surface area (Å²) in [5, 5.41) is 3.66. The Bertz CT molecular complexity index is 1070. The van der Waals surface area contributed by atoms with Gasteiger partial charge in [-0.3, -0.25) is 14.2 Å². The fourth-order valence-electron chi connectivity index (χ4n) is 2.96. The average Bonchev–Trinajstić information content (AvgIpc) is 2.68. The second kappa shape index (κ2) is 8.69. The highest BCUT2D eigenvalue weighted by Crippen LogP contribution is 2.26. The number of rotatable bonds is 6. The summed E-state index contributed by atoms with van der Waals surface area (Å²) < 4.78 is 1.66. The fraction of sp³-hybridized carbons (Fsp3) is 0.318. The summed E-state index contributed by atoms with van der Waals surface area (Å²) in [5.74, 6) is -0.134. The summed E-state index contributed by atoms with van der Waals surface area (Å²) in [6.45, 7) is 5.71. The summed E-state index contributed by atoms with van der Waals surface area (Å²) in [5.41, 5.74) is 2.36. The maximum absolute atomic E-state index is 12.9. The lowest BCUT2D eigenvalue weighted by Crippen LogP contribution is -2.28. The summed E-state index contributed by atoms with van der Waals surface area (Å²) >= 11 is 1.29. The molecule has 0 saturated carbocycles. The van der Waals surface area contributed by atoms with E-state index in [1.54, 1.807) is 10.6 Å². The van der Waals surface area contributed by atoms with Gasteiger partial charge >= 0.3 is 0 Å². The standard InChI is InChI=1S/C22H26N4O2S/c1-14(2)26-21(28)18-8-6-7-9-19(18)24-22(26)29-15(3)20(27)23-16-10-12-17(13-11-16)25(4)5/h6-15H,1-5H3,(H,23,27). The van der Waals surface area contributed by atoms with Crippen LogP contribution in [0.15, 0.2) is 58.5 Å². The van der Waals surface area contributed by atoms with Crippen LogP contribution in [0.5, 0.6) is 0 Å². The first-order valence-corrected chi connectivity index (χ1v) is 10.4. The van der Waals surface area contributed by atoms with Crippen molar-refractivity contribution in [2.24, 2.45) is 0 Å². The van der Waals surface area contributed by atoms with E-state index in [1.165, 1.54) is 11.8 Å². The Morgan fingerprint density at radius 2 is 1.72 bits per heavy atom. The molecular formula is C22H26N4O2S. The van der Waals surface area contributed by atoms with E-state index in [9.17, 15) is 9.59 Å². The lowest BCUT2D eigenvalue weighted by molar-refractivity contribution is -0.115. The number of anilines is 2. The van der Waals surface area contributed by atoms with Crippen LogP contribution in [0, 0.1) is 0 Å². The third kappa shape index (κ3) is 4.62. The highest BCUT2D eigenvalue weighted by Gasteiger charge is 2.20. The maximum Gasteiger partial charge on any atom is 0.262 e. The van der Waals surface area contributed by atoms with Crippen LogP contribution in [-0.2, 0) is 4.79 Å². The van der Waals surface area contributed by atoms with Gasteiger partial charge < -0.3 is 10.2 Å². The molecule has 152 valence electrons. The number of carbonyl (C=O) groups excluding carboxylic acids is 1. The first-order chi connectivity index (χ1) is 13.8. The highest BCUT2D eigenvalue weighted by atomic mass is 32.2. The van der Waals surface area contributed by atoms with Crippen LogP contribution in [0.2, 0.25) is 0 Å². The summed E-state index contributed by atoms with van der Waals surface area (Å²) in [6, 6.07) is 14.9. The first kappa shape index (κ1) is 20.9. The Labute approximate surface area is 174 Å². The molecule has 0 fully saturated rings. The molecule has 1 N–H and O–H groups in total. The lowest BCUT2D eigenvalue weighted by atomic mass is 10.2. The predicted octanol–water partition coefficient (Wildman–Crippen LogP) is 4.16. The third-order valence-electron chi connectivity index (χ3n) is 4.59. The number of hydrogen-bond acceptors (Lipinski definition) is 5. The van der Waals surface area contributed by atoms with Gasteiger partial charge in [0.2, 0.25) is 5.91 Å². The molecule has 7 heteroatoms. The van der Waals surface area contributed by atoms with E-state index >= 15 is 0 Å². The number of nitrogens with zero attached hydrogens (tertiary/aromatic N) is 3. The van der Waals surface area contributed by atoms with Gasteiger partial charge in [-0.1, -0.05) is 23.9 Å². The topological polar surface area (TPSA) is 67.2 Å². The second-order valence-electron chi connectivity index (χ2n) is 7.37. The van der Waals surface area contributed by atoms with Crippen molar-refractivity contribution in [3.63, 3.8) is 0 Å². The van der Waals surface area contributed by atoms with Crippen LogP contribution in [0.1, 0.15) is 26.8 Å². The smallest absolute Gasteiger partial charge is 0.262 e. The fourth-order valence-corrected chi connectivity index (χ4v) is 4.00. The molecule has 1 atom stereocenters. The van der Waals surface area contributed by atoms with Crippen molar-refractivity contribution in [1.82, 2.24) is 9.55 Å². The summed E-state index contributed by atoms with van der Waals surface area (Å²) in [4.78, 5) is 32.3. The molecule has 1 heterocycles. The molecule has 0 aliphatic heterocycles. The molecule has 0 radical (unpaired) electrons. The Morgan fingerprint density at radius 3 is 2.34 bits per heavy atom. The van der Waals surface area contributed by atoms with Gasteiger partial charge in [0, 0.05) is 31.5 Å². The Kier molecular flexibility index (Phi) is 6.27. The third-order valence-corrected chi connectivity index (χ3v) is 5.66. The van der Waals surface area contributed by atoms with Crippen molar-refractivity contribution in [3.8, 4) is 0 Å². The maximum atomic E-state index is 12.9. The first-order valence-electron chi connectivity index (χ1n) is 9.54. The van der Waals surface area contributed by atoms with Crippen molar-refractivity contribution in [3.05, 3.63) is 58.9 Å². The minimum absolute atomic E-state index is 0.0593. The molecule has 3 rings (SSSR count). The van der Waals surface area contributed by atoms with Crippen LogP contribution in [-0.4, -0.2) is 34.8 Å².